The third-order valence-electron chi connectivity index (χ3n) is 0.761. The molecule has 0 atom stereocenters. The fraction of sp³-hybridized carbons (Fsp3) is 0.750. The van der Waals surface area contributed by atoms with E-state index in [0.29, 0.717) is 6.61 Å². The van der Waals surface area contributed by atoms with E-state index in [9.17, 15) is 0 Å². The van der Waals surface area contributed by atoms with Crippen molar-refractivity contribution in [1.29, 1.82) is 0 Å². The molecule has 58 valence electrons. The van der Waals surface area contributed by atoms with Crippen LogP contribution in [0.1, 0.15) is 20.8 Å². The number of terminal acetylenes is 1. The molecule has 0 saturated carbocycles. The molecule has 0 aromatic heterocycles. The van der Waals surface area contributed by atoms with Gasteiger partial charge in [-0.1, -0.05) is 5.92 Å². The number of hydrogen-bond donors (Lipinski definition) is 0. The van der Waals surface area contributed by atoms with Gasteiger partial charge < -0.3 is 9.47 Å². The maximum atomic E-state index is 5.21. The molecule has 0 radical (unpaired) electrons. The van der Waals surface area contributed by atoms with Gasteiger partial charge in [-0.05, 0) is 20.8 Å². The molecule has 0 aliphatic rings. The van der Waals surface area contributed by atoms with Crippen LogP contribution < -0.4 is 0 Å². The van der Waals surface area contributed by atoms with Gasteiger partial charge in [0.25, 0.3) is 0 Å². The first-order valence-electron chi connectivity index (χ1n) is 3.21. The van der Waals surface area contributed by atoms with Crippen molar-refractivity contribution in [2.45, 2.75) is 26.4 Å². The van der Waals surface area contributed by atoms with Gasteiger partial charge in [0.15, 0.2) is 0 Å². The standard InChI is InChI=1S/C8H14O2/c1-5-6-9-7-10-8(2,3)4/h1H,6-7H2,2-4H3. The third-order valence-corrected chi connectivity index (χ3v) is 0.761. The first-order valence-corrected chi connectivity index (χ1v) is 3.21. The number of hydrogen-bond acceptors (Lipinski definition) is 2. The van der Waals surface area contributed by atoms with Crippen molar-refractivity contribution < 1.29 is 9.47 Å². The van der Waals surface area contributed by atoms with E-state index in [2.05, 4.69) is 5.92 Å². The fourth-order valence-electron chi connectivity index (χ4n) is 0.319. The molecule has 0 amide bonds. The minimum absolute atomic E-state index is 0.144. The highest BCUT2D eigenvalue weighted by Crippen LogP contribution is 2.05. The van der Waals surface area contributed by atoms with E-state index in [4.69, 9.17) is 15.9 Å². The number of ether oxygens (including phenoxy) is 2. The lowest BCUT2D eigenvalue weighted by molar-refractivity contribution is -0.112. The molecule has 0 unspecified atom stereocenters. The van der Waals surface area contributed by atoms with E-state index >= 15 is 0 Å². The van der Waals surface area contributed by atoms with Crippen LogP contribution in [0.2, 0.25) is 0 Å². The highest BCUT2D eigenvalue weighted by atomic mass is 16.7. The fourth-order valence-corrected chi connectivity index (χ4v) is 0.319. The molecule has 0 bridgehead atoms. The van der Waals surface area contributed by atoms with Crippen LogP contribution in [-0.2, 0) is 9.47 Å². The van der Waals surface area contributed by atoms with E-state index < -0.39 is 0 Å². The van der Waals surface area contributed by atoms with Crippen LogP contribution >= 0.6 is 0 Å². The summed E-state index contributed by atoms with van der Waals surface area (Å²) >= 11 is 0. The highest BCUT2D eigenvalue weighted by molar-refractivity contribution is 4.82. The summed E-state index contributed by atoms with van der Waals surface area (Å²) in [5.74, 6) is 2.35. The summed E-state index contributed by atoms with van der Waals surface area (Å²) in [5.41, 5.74) is -0.144. The molecule has 0 saturated heterocycles. The summed E-state index contributed by atoms with van der Waals surface area (Å²) in [4.78, 5) is 0. The van der Waals surface area contributed by atoms with Crippen molar-refractivity contribution in [2.24, 2.45) is 0 Å². The van der Waals surface area contributed by atoms with Gasteiger partial charge in [-0.2, -0.15) is 0 Å². The maximum absolute atomic E-state index is 5.21. The molecule has 0 heterocycles. The number of rotatable bonds is 3. The first kappa shape index (κ1) is 9.48. The van der Waals surface area contributed by atoms with Gasteiger partial charge in [0, 0.05) is 0 Å². The van der Waals surface area contributed by atoms with Crippen molar-refractivity contribution in [1.82, 2.24) is 0 Å². The minimum Gasteiger partial charge on any atom is -0.350 e. The van der Waals surface area contributed by atoms with Gasteiger partial charge in [0.1, 0.15) is 13.4 Å². The van der Waals surface area contributed by atoms with Crippen molar-refractivity contribution in [3.8, 4) is 12.3 Å². The monoisotopic (exact) mass is 142 g/mol. The lowest BCUT2D eigenvalue weighted by Crippen LogP contribution is -2.20. The zero-order chi connectivity index (χ0) is 8.04. The Hall–Kier alpha value is -0.520. The van der Waals surface area contributed by atoms with Crippen LogP contribution in [0.5, 0.6) is 0 Å². The Labute approximate surface area is 62.5 Å². The molecular formula is C8H14O2. The summed E-state index contributed by atoms with van der Waals surface area (Å²) in [6, 6.07) is 0. The second kappa shape index (κ2) is 4.32. The van der Waals surface area contributed by atoms with Crippen LogP contribution in [0, 0.1) is 12.3 Å². The molecule has 10 heavy (non-hydrogen) atoms. The molecule has 0 N–H and O–H groups in total. The maximum Gasteiger partial charge on any atom is 0.148 e. The summed E-state index contributed by atoms with van der Waals surface area (Å²) < 4.78 is 10.1. The highest BCUT2D eigenvalue weighted by Gasteiger charge is 2.08. The molecule has 2 heteroatoms. The lowest BCUT2D eigenvalue weighted by Gasteiger charge is -2.18. The minimum atomic E-state index is -0.144. The van der Waals surface area contributed by atoms with Crippen molar-refractivity contribution in [3.63, 3.8) is 0 Å². The second-order valence-corrected chi connectivity index (χ2v) is 2.93. The second-order valence-electron chi connectivity index (χ2n) is 2.93. The molecule has 2 nitrogen and oxygen atoms in total. The lowest BCUT2D eigenvalue weighted by atomic mass is 10.2. The largest absolute Gasteiger partial charge is 0.350 e. The van der Waals surface area contributed by atoms with Gasteiger partial charge >= 0.3 is 0 Å². The quantitative estimate of drug-likeness (QED) is 0.337. The molecular weight excluding hydrogens is 128 g/mol. The van der Waals surface area contributed by atoms with Crippen LogP contribution in [0.15, 0.2) is 0 Å². The predicted molar refractivity (Wildman–Crippen MR) is 40.5 cm³/mol. The molecule has 0 aromatic rings. The van der Waals surface area contributed by atoms with E-state index in [-0.39, 0.29) is 12.4 Å². The molecule has 0 aliphatic carbocycles. The van der Waals surface area contributed by atoms with Gasteiger partial charge in [0.05, 0.1) is 5.60 Å². The topological polar surface area (TPSA) is 18.5 Å². The van der Waals surface area contributed by atoms with Crippen molar-refractivity contribution >= 4 is 0 Å². The molecule has 0 fully saturated rings. The average Bonchev–Trinajstić information content (AvgIpc) is 1.78. The SMILES string of the molecule is C#CCOCOC(C)(C)C. The summed E-state index contributed by atoms with van der Waals surface area (Å²) in [6.45, 7) is 6.48. The normalized spacial score (nSPS) is 11.0. The van der Waals surface area contributed by atoms with Crippen LogP contribution in [0.3, 0.4) is 0 Å². The molecule has 0 spiro atoms. The zero-order valence-electron chi connectivity index (χ0n) is 6.81. The molecule has 0 aliphatic heterocycles. The van der Waals surface area contributed by atoms with Gasteiger partial charge in [-0.25, -0.2) is 0 Å². The van der Waals surface area contributed by atoms with Crippen molar-refractivity contribution in [2.75, 3.05) is 13.4 Å². The summed E-state index contributed by atoms with van der Waals surface area (Å²) in [6.07, 6.45) is 4.95. The van der Waals surface area contributed by atoms with Gasteiger partial charge in [-0.3, -0.25) is 0 Å². The summed E-state index contributed by atoms with van der Waals surface area (Å²) in [5, 5.41) is 0. The summed E-state index contributed by atoms with van der Waals surface area (Å²) in [7, 11) is 0. The average molecular weight is 142 g/mol. The van der Waals surface area contributed by atoms with Gasteiger partial charge in [-0.15, -0.1) is 6.42 Å². The zero-order valence-corrected chi connectivity index (χ0v) is 6.81. The van der Waals surface area contributed by atoms with Crippen molar-refractivity contribution in [3.05, 3.63) is 0 Å². The Balaban J connectivity index is 3.14. The Kier molecular flexibility index (Phi) is 4.10. The van der Waals surface area contributed by atoms with Crippen LogP contribution in [0.25, 0.3) is 0 Å². The van der Waals surface area contributed by atoms with E-state index in [1.165, 1.54) is 0 Å². The molecule has 0 aromatic carbocycles. The molecule has 0 rings (SSSR count). The Morgan fingerprint density at radius 1 is 1.40 bits per heavy atom. The third kappa shape index (κ3) is 7.48. The van der Waals surface area contributed by atoms with E-state index in [0.717, 1.165) is 0 Å². The van der Waals surface area contributed by atoms with E-state index in [1.807, 2.05) is 20.8 Å². The van der Waals surface area contributed by atoms with Gasteiger partial charge in [0.2, 0.25) is 0 Å². The van der Waals surface area contributed by atoms with E-state index in [1.54, 1.807) is 0 Å². The Morgan fingerprint density at radius 2 is 2.00 bits per heavy atom. The van der Waals surface area contributed by atoms with Crippen LogP contribution in [-0.4, -0.2) is 19.0 Å². The Bertz CT molecular complexity index is 116. The van der Waals surface area contributed by atoms with Crippen LogP contribution in [0.4, 0.5) is 0 Å². The Morgan fingerprint density at radius 3 is 2.40 bits per heavy atom. The smallest absolute Gasteiger partial charge is 0.148 e. The predicted octanol–water partition coefficient (Wildman–Crippen LogP) is 1.41. The first-order chi connectivity index (χ1) is 4.56.